The Morgan fingerprint density at radius 3 is 2.59 bits per heavy atom. The highest BCUT2D eigenvalue weighted by Crippen LogP contribution is 2.25. The van der Waals surface area contributed by atoms with E-state index in [1.807, 2.05) is 13.0 Å². The molecule has 3 heteroatoms. The number of benzene rings is 2. The molecule has 0 atom stereocenters. The molecule has 1 N–H and O–H groups in total. The number of aryl methyl sites for hydroxylation is 1. The number of nitriles is 1. The number of nitrogens with one attached hydrogen (secondary N) is 1. The van der Waals surface area contributed by atoms with Gasteiger partial charge in [0, 0.05) is 0 Å². The van der Waals surface area contributed by atoms with E-state index in [2.05, 4.69) is 11.4 Å². The molecule has 0 aliphatic carbocycles. The van der Waals surface area contributed by atoms with Crippen LogP contribution in [0.1, 0.15) is 11.1 Å². The molecule has 84 valence electrons. The van der Waals surface area contributed by atoms with Gasteiger partial charge in [0.25, 0.3) is 0 Å². The Kier molecular flexibility index (Phi) is 3.06. The van der Waals surface area contributed by atoms with E-state index in [9.17, 15) is 4.39 Å². The first-order valence-electron chi connectivity index (χ1n) is 5.23. The van der Waals surface area contributed by atoms with E-state index >= 15 is 0 Å². The molecule has 0 amide bonds. The standard InChI is InChI=1S/C14H11FN2/c1-10-5-4-6-11(9-16)14(10)17-13-8-3-2-7-12(13)15/h2-8,17H,1H3. The van der Waals surface area contributed by atoms with Crippen LogP contribution < -0.4 is 5.32 Å². The molecule has 2 aromatic rings. The molecular formula is C14H11FN2. The monoisotopic (exact) mass is 226 g/mol. The lowest BCUT2D eigenvalue weighted by Crippen LogP contribution is -1.98. The number of rotatable bonds is 2. The summed E-state index contributed by atoms with van der Waals surface area (Å²) >= 11 is 0. The van der Waals surface area contributed by atoms with Crippen LogP contribution in [0.2, 0.25) is 0 Å². The first-order valence-corrected chi connectivity index (χ1v) is 5.23. The Hall–Kier alpha value is -2.34. The highest BCUT2D eigenvalue weighted by molar-refractivity contribution is 5.70. The lowest BCUT2D eigenvalue weighted by atomic mass is 10.1. The van der Waals surface area contributed by atoms with Crippen LogP contribution in [0.4, 0.5) is 15.8 Å². The number of anilines is 2. The van der Waals surface area contributed by atoms with Gasteiger partial charge in [-0.1, -0.05) is 24.3 Å². The van der Waals surface area contributed by atoms with E-state index in [0.29, 0.717) is 16.9 Å². The molecule has 2 rings (SSSR count). The van der Waals surface area contributed by atoms with E-state index < -0.39 is 0 Å². The van der Waals surface area contributed by atoms with Gasteiger partial charge in [0.2, 0.25) is 0 Å². The fourth-order valence-corrected chi connectivity index (χ4v) is 1.62. The molecule has 17 heavy (non-hydrogen) atoms. The number of para-hydroxylation sites is 2. The average Bonchev–Trinajstić information content (AvgIpc) is 2.34. The summed E-state index contributed by atoms with van der Waals surface area (Å²) in [5, 5.41) is 12.0. The van der Waals surface area contributed by atoms with Gasteiger partial charge >= 0.3 is 0 Å². The zero-order chi connectivity index (χ0) is 12.3. The summed E-state index contributed by atoms with van der Waals surface area (Å²) in [5.41, 5.74) is 2.44. The van der Waals surface area contributed by atoms with Crippen molar-refractivity contribution >= 4 is 11.4 Å². The molecule has 0 aliphatic heterocycles. The highest BCUT2D eigenvalue weighted by atomic mass is 19.1. The summed E-state index contributed by atoms with van der Waals surface area (Å²) in [6.07, 6.45) is 0. The SMILES string of the molecule is Cc1cccc(C#N)c1Nc1ccccc1F. The van der Waals surface area contributed by atoms with Gasteiger partial charge in [-0.2, -0.15) is 5.26 Å². The van der Waals surface area contributed by atoms with Crippen molar-refractivity contribution in [1.82, 2.24) is 0 Å². The Balaban J connectivity index is 2.44. The predicted molar refractivity (Wildman–Crippen MR) is 65.6 cm³/mol. The van der Waals surface area contributed by atoms with Gasteiger partial charge in [-0.15, -0.1) is 0 Å². The van der Waals surface area contributed by atoms with Crippen LogP contribution in [0.3, 0.4) is 0 Å². The molecule has 0 spiro atoms. The van der Waals surface area contributed by atoms with Gasteiger partial charge < -0.3 is 5.32 Å². The molecule has 0 radical (unpaired) electrons. The van der Waals surface area contributed by atoms with Crippen molar-refractivity contribution < 1.29 is 4.39 Å². The van der Waals surface area contributed by atoms with Gasteiger partial charge in [-0.25, -0.2) is 4.39 Å². The summed E-state index contributed by atoms with van der Waals surface area (Å²) in [4.78, 5) is 0. The minimum atomic E-state index is -0.334. The largest absolute Gasteiger partial charge is 0.352 e. The average molecular weight is 226 g/mol. The smallest absolute Gasteiger partial charge is 0.146 e. The summed E-state index contributed by atoms with van der Waals surface area (Å²) in [6, 6.07) is 13.9. The summed E-state index contributed by atoms with van der Waals surface area (Å²) in [5.74, 6) is -0.334. The first kappa shape index (κ1) is 11.2. The summed E-state index contributed by atoms with van der Waals surface area (Å²) in [7, 11) is 0. The maximum atomic E-state index is 13.5. The lowest BCUT2D eigenvalue weighted by Gasteiger charge is -2.11. The van der Waals surface area contributed by atoms with Crippen molar-refractivity contribution in [2.75, 3.05) is 5.32 Å². The van der Waals surface area contributed by atoms with Gasteiger partial charge in [0.1, 0.15) is 11.9 Å². The molecule has 0 aromatic heterocycles. The second-order valence-electron chi connectivity index (χ2n) is 3.71. The number of halogens is 1. The second-order valence-corrected chi connectivity index (χ2v) is 3.71. The summed E-state index contributed by atoms with van der Waals surface area (Å²) in [6.45, 7) is 1.88. The third kappa shape index (κ3) is 2.26. The minimum Gasteiger partial charge on any atom is -0.352 e. The third-order valence-electron chi connectivity index (χ3n) is 2.53. The fourth-order valence-electron chi connectivity index (χ4n) is 1.62. The van der Waals surface area contributed by atoms with E-state index in [4.69, 9.17) is 5.26 Å². The van der Waals surface area contributed by atoms with Crippen molar-refractivity contribution in [3.05, 3.63) is 59.4 Å². The van der Waals surface area contributed by atoms with Crippen molar-refractivity contribution in [1.29, 1.82) is 5.26 Å². The molecular weight excluding hydrogens is 215 g/mol. The molecule has 0 saturated heterocycles. The van der Waals surface area contributed by atoms with Crippen LogP contribution >= 0.6 is 0 Å². The van der Waals surface area contributed by atoms with Gasteiger partial charge in [-0.05, 0) is 30.7 Å². The molecule has 0 aliphatic rings. The molecule has 0 heterocycles. The van der Waals surface area contributed by atoms with E-state index in [-0.39, 0.29) is 5.82 Å². The fraction of sp³-hybridized carbons (Fsp3) is 0.0714. The number of nitrogens with zero attached hydrogens (tertiary/aromatic N) is 1. The molecule has 0 unspecified atom stereocenters. The van der Waals surface area contributed by atoms with E-state index in [1.165, 1.54) is 6.07 Å². The molecule has 2 nitrogen and oxygen atoms in total. The molecule has 0 fully saturated rings. The topological polar surface area (TPSA) is 35.8 Å². The molecule has 0 bridgehead atoms. The van der Waals surface area contributed by atoms with Crippen molar-refractivity contribution in [2.24, 2.45) is 0 Å². The summed E-state index contributed by atoms with van der Waals surface area (Å²) < 4.78 is 13.5. The number of hydrogen-bond donors (Lipinski definition) is 1. The maximum Gasteiger partial charge on any atom is 0.146 e. The maximum absolute atomic E-state index is 13.5. The van der Waals surface area contributed by atoms with Crippen LogP contribution in [-0.4, -0.2) is 0 Å². The Bertz CT molecular complexity index is 585. The Labute approximate surface area is 99.3 Å². The van der Waals surface area contributed by atoms with E-state index in [1.54, 1.807) is 30.3 Å². The van der Waals surface area contributed by atoms with Crippen molar-refractivity contribution in [2.45, 2.75) is 6.92 Å². The van der Waals surface area contributed by atoms with E-state index in [0.717, 1.165) is 5.56 Å². The van der Waals surface area contributed by atoms with Crippen molar-refractivity contribution in [3.63, 3.8) is 0 Å². The third-order valence-corrected chi connectivity index (χ3v) is 2.53. The zero-order valence-electron chi connectivity index (χ0n) is 9.37. The highest BCUT2D eigenvalue weighted by Gasteiger charge is 2.07. The van der Waals surface area contributed by atoms with Gasteiger partial charge in [-0.3, -0.25) is 0 Å². The minimum absolute atomic E-state index is 0.334. The van der Waals surface area contributed by atoms with Crippen LogP contribution in [0, 0.1) is 24.1 Å². The lowest BCUT2D eigenvalue weighted by molar-refractivity contribution is 0.632. The van der Waals surface area contributed by atoms with Crippen LogP contribution in [0.15, 0.2) is 42.5 Å². The van der Waals surface area contributed by atoms with Gasteiger partial charge in [0.15, 0.2) is 0 Å². The Morgan fingerprint density at radius 2 is 1.88 bits per heavy atom. The quantitative estimate of drug-likeness (QED) is 0.846. The van der Waals surface area contributed by atoms with Crippen LogP contribution in [0.25, 0.3) is 0 Å². The van der Waals surface area contributed by atoms with Crippen LogP contribution in [-0.2, 0) is 0 Å². The predicted octanol–water partition coefficient (Wildman–Crippen LogP) is 3.75. The number of hydrogen-bond acceptors (Lipinski definition) is 2. The van der Waals surface area contributed by atoms with Crippen molar-refractivity contribution in [3.8, 4) is 6.07 Å². The zero-order valence-corrected chi connectivity index (χ0v) is 9.37. The molecule has 2 aromatic carbocycles. The second kappa shape index (κ2) is 4.67. The van der Waals surface area contributed by atoms with Gasteiger partial charge in [0.05, 0.1) is 16.9 Å². The van der Waals surface area contributed by atoms with Crippen LogP contribution in [0.5, 0.6) is 0 Å². The first-order chi connectivity index (χ1) is 8.22. The molecule has 0 saturated carbocycles. The Morgan fingerprint density at radius 1 is 1.12 bits per heavy atom. The normalized spacial score (nSPS) is 9.71.